The van der Waals surface area contributed by atoms with Crippen molar-refractivity contribution in [2.45, 2.75) is 13.5 Å². The fraction of sp³-hybridized carbons (Fsp3) is 0.417. The number of piperazine rings is 1. The van der Waals surface area contributed by atoms with Crippen LogP contribution in [0.1, 0.15) is 12.5 Å². The van der Waals surface area contributed by atoms with Crippen LogP contribution in [-0.2, 0) is 16.1 Å². The summed E-state index contributed by atoms with van der Waals surface area (Å²) in [5.41, 5.74) is 2.29. The maximum Gasteiger partial charge on any atom is 0.238 e. The van der Waals surface area contributed by atoms with Crippen LogP contribution in [0.2, 0.25) is 0 Å². The second-order valence-electron chi connectivity index (χ2n) is 7.89. The van der Waals surface area contributed by atoms with Gasteiger partial charge in [0.15, 0.2) is 11.5 Å². The molecule has 2 amide bonds. The highest BCUT2D eigenvalue weighted by Gasteiger charge is 2.20. The van der Waals surface area contributed by atoms with E-state index < -0.39 is 0 Å². The number of ether oxygens (including phenoxy) is 3. The quantitative estimate of drug-likeness (QED) is 0.599. The van der Waals surface area contributed by atoms with Crippen molar-refractivity contribution in [1.82, 2.24) is 9.80 Å². The highest BCUT2D eigenvalue weighted by molar-refractivity contribution is 5.95. The number of methoxy groups -OCH3 is 3. The monoisotopic (exact) mass is 456 g/mol. The van der Waals surface area contributed by atoms with Gasteiger partial charge in [0.05, 0.1) is 33.6 Å². The molecule has 0 bridgehead atoms. The third-order valence-corrected chi connectivity index (χ3v) is 5.48. The normalized spacial score (nSPS) is 14.4. The number of carbonyl (C=O) groups excluding carboxylic acids is 2. The molecule has 0 aliphatic carbocycles. The van der Waals surface area contributed by atoms with Crippen molar-refractivity contribution in [2.75, 3.05) is 64.7 Å². The van der Waals surface area contributed by atoms with E-state index in [4.69, 9.17) is 14.2 Å². The van der Waals surface area contributed by atoms with E-state index in [1.807, 2.05) is 18.2 Å². The van der Waals surface area contributed by atoms with E-state index >= 15 is 0 Å². The Hall–Kier alpha value is -3.30. The van der Waals surface area contributed by atoms with Crippen molar-refractivity contribution in [3.8, 4) is 17.2 Å². The van der Waals surface area contributed by atoms with Gasteiger partial charge >= 0.3 is 0 Å². The minimum absolute atomic E-state index is 0.124. The third-order valence-electron chi connectivity index (χ3n) is 5.48. The predicted molar refractivity (Wildman–Crippen MR) is 127 cm³/mol. The van der Waals surface area contributed by atoms with Gasteiger partial charge in [-0.25, -0.2) is 0 Å². The average Bonchev–Trinajstić information content (AvgIpc) is 2.80. The van der Waals surface area contributed by atoms with Crippen LogP contribution in [0.5, 0.6) is 17.2 Å². The Balaban J connectivity index is 1.51. The summed E-state index contributed by atoms with van der Waals surface area (Å²) in [4.78, 5) is 28.5. The molecular formula is C24H32N4O5. The average molecular weight is 457 g/mol. The first-order valence-electron chi connectivity index (χ1n) is 10.8. The summed E-state index contributed by atoms with van der Waals surface area (Å²) in [6.45, 7) is 5.86. The van der Waals surface area contributed by atoms with Crippen LogP contribution < -0.4 is 24.8 Å². The molecule has 1 aliphatic rings. The molecule has 1 heterocycles. The van der Waals surface area contributed by atoms with Crippen molar-refractivity contribution in [1.29, 1.82) is 0 Å². The molecule has 2 aromatic carbocycles. The molecule has 0 spiro atoms. The first-order chi connectivity index (χ1) is 15.9. The summed E-state index contributed by atoms with van der Waals surface area (Å²) >= 11 is 0. The number of anilines is 2. The predicted octanol–water partition coefficient (Wildman–Crippen LogP) is 2.43. The van der Waals surface area contributed by atoms with Gasteiger partial charge in [-0.1, -0.05) is 6.07 Å². The Morgan fingerprint density at radius 3 is 2.09 bits per heavy atom. The highest BCUT2D eigenvalue weighted by atomic mass is 16.5. The van der Waals surface area contributed by atoms with E-state index in [0.717, 1.165) is 49.8 Å². The lowest BCUT2D eigenvalue weighted by atomic mass is 10.1. The molecule has 2 aromatic rings. The van der Waals surface area contributed by atoms with Crippen molar-refractivity contribution in [3.63, 3.8) is 0 Å². The topological polar surface area (TPSA) is 92.4 Å². The number of benzene rings is 2. The van der Waals surface area contributed by atoms with Gasteiger partial charge in [-0.05, 0) is 35.9 Å². The SMILES string of the molecule is COc1ccc(NC(C)=O)cc1NC(=O)CN1CCN(Cc2ccc(OC)c(OC)c2)CC1. The van der Waals surface area contributed by atoms with Gasteiger partial charge in [0.1, 0.15) is 5.75 Å². The number of nitrogens with zero attached hydrogens (tertiary/aromatic N) is 2. The number of carbonyl (C=O) groups is 2. The molecular weight excluding hydrogens is 424 g/mol. The zero-order valence-corrected chi connectivity index (χ0v) is 19.6. The number of hydrogen-bond acceptors (Lipinski definition) is 7. The summed E-state index contributed by atoms with van der Waals surface area (Å²) in [5.74, 6) is 1.68. The number of nitrogens with one attached hydrogen (secondary N) is 2. The van der Waals surface area contributed by atoms with Crippen LogP contribution in [0.15, 0.2) is 36.4 Å². The van der Waals surface area contributed by atoms with E-state index in [0.29, 0.717) is 17.1 Å². The molecule has 9 heteroatoms. The molecule has 0 saturated carbocycles. The summed E-state index contributed by atoms with van der Waals surface area (Å²) in [6.07, 6.45) is 0. The van der Waals surface area contributed by atoms with Gasteiger partial charge in [0, 0.05) is 45.3 Å². The summed E-state index contributed by atoms with van der Waals surface area (Å²) in [6, 6.07) is 11.1. The van der Waals surface area contributed by atoms with Crippen molar-refractivity contribution >= 4 is 23.2 Å². The maximum absolute atomic E-state index is 12.7. The van der Waals surface area contributed by atoms with Crippen LogP contribution in [0.25, 0.3) is 0 Å². The molecule has 178 valence electrons. The first-order valence-corrected chi connectivity index (χ1v) is 10.8. The summed E-state index contributed by atoms with van der Waals surface area (Å²) < 4.78 is 16.0. The van der Waals surface area contributed by atoms with Crippen LogP contribution in [0.3, 0.4) is 0 Å². The smallest absolute Gasteiger partial charge is 0.238 e. The molecule has 33 heavy (non-hydrogen) atoms. The minimum Gasteiger partial charge on any atom is -0.495 e. The second-order valence-corrected chi connectivity index (χ2v) is 7.89. The Morgan fingerprint density at radius 1 is 0.818 bits per heavy atom. The highest BCUT2D eigenvalue weighted by Crippen LogP contribution is 2.29. The van der Waals surface area contributed by atoms with Crippen molar-refractivity contribution in [2.24, 2.45) is 0 Å². The van der Waals surface area contributed by atoms with E-state index in [2.05, 4.69) is 20.4 Å². The fourth-order valence-electron chi connectivity index (χ4n) is 3.82. The standard InChI is InChI=1S/C24H32N4O5/c1-17(29)25-19-6-8-21(31-2)20(14-19)26-24(30)16-28-11-9-27(10-12-28)15-18-5-7-22(32-3)23(13-18)33-4/h5-8,13-14H,9-12,15-16H2,1-4H3,(H,25,29)(H,26,30). The summed E-state index contributed by atoms with van der Waals surface area (Å²) in [7, 11) is 4.81. The van der Waals surface area contributed by atoms with E-state index in [1.165, 1.54) is 6.92 Å². The lowest BCUT2D eigenvalue weighted by Gasteiger charge is -2.34. The molecule has 0 atom stereocenters. The fourth-order valence-corrected chi connectivity index (χ4v) is 3.82. The summed E-state index contributed by atoms with van der Waals surface area (Å²) in [5, 5.41) is 5.61. The zero-order chi connectivity index (χ0) is 23.8. The van der Waals surface area contributed by atoms with Gasteiger partial charge in [0.2, 0.25) is 11.8 Å². The number of amides is 2. The Kier molecular flexibility index (Phi) is 8.51. The van der Waals surface area contributed by atoms with E-state index in [-0.39, 0.29) is 18.4 Å². The lowest BCUT2D eigenvalue weighted by molar-refractivity contribution is -0.117. The molecule has 9 nitrogen and oxygen atoms in total. The number of hydrogen-bond donors (Lipinski definition) is 2. The van der Waals surface area contributed by atoms with Crippen LogP contribution >= 0.6 is 0 Å². The van der Waals surface area contributed by atoms with E-state index in [1.54, 1.807) is 39.5 Å². The maximum atomic E-state index is 12.7. The van der Waals surface area contributed by atoms with Crippen molar-refractivity contribution in [3.05, 3.63) is 42.0 Å². The molecule has 0 unspecified atom stereocenters. The van der Waals surface area contributed by atoms with Gasteiger partial charge < -0.3 is 24.8 Å². The molecule has 3 rings (SSSR count). The van der Waals surface area contributed by atoms with Gasteiger partial charge in [-0.15, -0.1) is 0 Å². The van der Waals surface area contributed by atoms with Crippen LogP contribution in [-0.4, -0.2) is 75.7 Å². The van der Waals surface area contributed by atoms with Gasteiger partial charge in [-0.2, -0.15) is 0 Å². The van der Waals surface area contributed by atoms with Crippen LogP contribution in [0.4, 0.5) is 11.4 Å². The largest absolute Gasteiger partial charge is 0.495 e. The molecule has 0 aromatic heterocycles. The minimum atomic E-state index is -0.177. The number of rotatable bonds is 9. The molecule has 1 aliphatic heterocycles. The lowest BCUT2D eigenvalue weighted by Crippen LogP contribution is -2.48. The van der Waals surface area contributed by atoms with E-state index in [9.17, 15) is 9.59 Å². The molecule has 1 saturated heterocycles. The first kappa shape index (κ1) is 24.3. The molecule has 2 N–H and O–H groups in total. The van der Waals surface area contributed by atoms with Gasteiger partial charge in [0.25, 0.3) is 0 Å². The molecule has 0 radical (unpaired) electrons. The van der Waals surface area contributed by atoms with Crippen LogP contribution in [0, 0.1) is 0 Å². The van der Waals surface area contributed by atoms with Gasteiger partial charge in [-0.3, -0.25) is 19.4 Å². The Labute approximate surface area is 194 Å². The Bertz CT molecular complexity index is 973. The second kappa shape index (κ2) is 11.5. The zero-order valence-electron chi connectivity index (χ0n) is 19.6. The van der Waals surface area contributed by atoms with Crippen molar-refractivity contribution < 1.29 is 23.8 Å². The Morgan fingerprint density at radius 2 is 1.45 bits per heavy atom. The molecule has 1 fully saturated rings. The third kappa shape index (κ3) is 6.84.